The van der Waals surface area contributed by atoms with Crippen molar-refractivity contribution >= 4 is 5.69 Å². The Kier molecular flexibility index (Phi) is 7.37. The number of anilines is 1. The molecule has 1 aromatic rings. The Hall–Kier alpha value is -1.13. The highest BCUT2D eigenvalue weighted by Crippen LogP contribution is 2.16. The molecule has 0 radical (unpaired) electrons. The zero-order chi connectivity index (χ0) is 13.2. The molecule has 0 aliphatic rings. The number of hydrogen-bond acceptors (Lipinski definition) is 3. The van der Waals surface area contributed by atoms with E-state index in [-0.39, 0.29) is 5.82 Å². The standard InChI is InChI=1S/C14H23FN2O/c1-3-18-12-6-9-16-10-11-17(2)14-8-5-4-7-13(14)15/h4-5,7-8,16H,3,6,9-12H2,1-2H3. The lowest BCUT2D eigenvalue weighted by atomic mass is 10.3. The minimum Gasteiger partial charge on any atom is -0.382 e. The van der Waals surface area contributed by atoms with Crippen molar-refractivity contribution in [3.05, 3.63) is 30.1 Å². The first-order valence-corrected chi connectivity index (χ1v) is 6.49. The molecule has 1 rings (SSSR count). The number of hydrogen-bond donors (Lipinski definition) is 1. The lowest BCUT2D eigenvalue weighted by Crippen LogP contribution is -2.30. The zero-order valence-corrected chi connectivity index (χ0v) is 11.3. The first-order chi connectivity index (χ1) is 8.75. The van der Waals surface area contributed by atoms with E-state index in [2.05, 4.69) is 5.32 Å². The van der Waals surface area contributed by atoms with Crippen LogP contribution in [0.1, 0.15) is 13.3 Å². The van der Waals surface area contributed by atoms with Gasteiger partial charge in [0.2, 0.25) is 0 Å². The van der Waals surface area contributed by atoms with E-state index in [0.29, 0.717) is 5.69 Å². The molecule has 0 amide bonds. The van der Waals surface area contributed by atoms with Crippen molar-refractivity contribution in [2.24, 2.45) is 0 Å². The van der Waals surface area contributed by atoms with Gasteiger partial charge in [0.15, 0.2) is 0 Å². The van der Waals surface area contributed by atoms with Crippen LogP contribution in [0.25, 0.3) is 0 Å². The summed E-state index contributed by atoms with van der Waals surface area (Å²) >= 11 is 0. The van der Waals surface area contributed by atoms with E-state index in [4.69, 9.17) is 4.74 Å². The lowest BCUT2D eigenvalue weighted by molar-refractivity contribution is 0.145. The molecule has 102 valence electrons. The number of ether oxygens (including phenoxy) is 1. The first kappa shape index (κ1) is 14.9. The van der Waals surface area contributed by atoms with Crippen LogP contribution >= 0.6 is 0 Å². The van der Waals surface area contributed by atoms with Crippen molar-refractivity contribution in [2.45, 2.75) is 13.3 Å². The Morgan fingerprint density at radius 3 is 2.78 bits per heavy atom. The Morgan fingerprint density at radius 2 is 2.06 bits per heavy atom. The highest BCUT2D eigenvalue weighted by molar-refractivity contribution is 5.46. The SMILES string of the molecule is CCOCCCNCCN(C)c1ccccc1F. The Labute approximate surface area is 109 Å². The van der Waals surface area contributed by atoms with Crippen molar-refractivity contribution in [1.82, 2.24) is 5.32 Å². The highest BCUT2D eigenvalue weighted by atomic mass is 19.1. The van der Waals surface area contributed by atoms with Crippen molar-refractivity contribution in [3.63, 3.8) is 0 Å². The molecule has 0 aliphatic heterocycles. The fourth-order valence-electron chi connectivity index (χ4n) is 1.70. The van der Waals surface area contributed by atoms with Crippen LogP contribution in [0, 0.1) is 5.82 Å². The van der Waals surface area contributed by atoms with Gasteiger partial charge < -0.3 is 15.0 Å². The number of likely N-dealkylation sites (N-methyl/N-ethyl adjacent to an activating group) is 1. The summed E-state index contributed by atoms with van der Waals surface area (Å²) in [6, 6.07) is 6.84. The highest BCUT2D eigenvalue weighted by Gasteiger charge is 2.05. The molecule has 1 aromatic carbocycles. The van der Waals surface area contributed by atoms with Crippen LogP contribution in [-0.4, -0.2) is 39.9 Å². The van der Waals surface area contributed by atoms with Crippen LogP contribution in [-0.2, 0) is 4.74 Å². The van der Waals surface area contributed by atoms with E-state index < -0.39 is 0 Å². The van der Waals surface area contributed by atoms with Gasteiger partial charge in [-0.25, -0.2) is 4.39 Å². The third kappa shape index (κ3) is 5.47. The van der Waals surface area contributed by atoms with Gasteiger partial charge in [-0.2, -0.15) is 0 Å². The summed E-state index contributed by atoms with van der Waals surface area (Å²) in [7, 11) is 1.90. The molecule has 0 bridgehead atoms. The van der Waals surface area contributed by atoms with E-state index >= 15 is 0 Å². The molecule has 0 saturated heterocycles. The molecule has 4 heteroatoms. The molecule has 0 spiro atoms. The predicted molar refractivity (Wildman–Crippen MR) is 73.6 cm³/mol. The Bertz CT molecular complexity index is 333. The molecule has 1 N–H and O–H groups in total. The van der Waals surface area contributed by atoms with Crippen molar-refractivity contribution in [1.29, 1.82) is 0 Å². The van der Waals surface area contributed by atoms with Crippen LogP contribution in [0.3, 0.4) is 0 Å². The summed E-state index contributed by atoms with van der Waals surface area (Å²) in [6.45, 7) is 6.14. The van der Waals surface area contributed by atoms with Crippen LogP contribution in [0.5, 0.6) is 0 Å². The topological polar surface area (TPSA) is 24.5 Å². The van der Waals surface area contributed by atoms with Crippen molar-refractivity contribution in [2.75, 3.05) is 44.8 Å². The Balaban J connectivity index is 2.14. The number of rotatable bonds is 9. The molecular weight excluding hydrogens is 231 g/mol. The summed E-state index contributed by atoms with van der Waals surface area (Å²) in [5, 5.41) is 3.32. The molecule has 0 aromatic heterocycles. The van der Waals surface area contributed by atoms with Gasteiger partial charge in [0.1, 0.15) is 5.82 Å². The normalized spacial score (nSPS) is 10.6. The number of nitrogens with one attached hydrogen (secondary N) is 1. The molecule has 0 heterocycles. The van der Waals surface area contributed by atoms with Gasteiger partial charge in [-0.15, -0.1) is 0 Å². The number of benzene rings is 1. The maximum absolute atomic E-state index is 13.5. The fraction of sp³-hybridized carbons (Fsp3) is 0.571. The average Bonchev–Trinajstić information content (AvgIpc) is 2.38. The monoisotopic (exact) mass is 254 g/mol. The minimum absolute atomic E-state index is 0.170. The minimum atomic E-state index is -0.170. The van der Waals surface area contributed by atoms with Gasteiger partial charge in [-0.05, 0) is 32.0 Å². The second kappa shape index (κ2) is 8.89. The fourth-order valence-corrected chi connectivity index (χ4v) is 1.70. The van der Waals surface area contributed by atoms with Gasteiger partial charge in [0.25, 0.3) is 0 Å². The summed E-state index contributed by atoms with van der Waals surface area (Å²) in [5.74, 6) is -0.170. The smallest absolute Gasteiger partial charge is 0.146 e. The van der Waals surface area contributed by atoms with E-state index in [0.717, 1.165) is 39.3 Å². The van der Waals surface area contributed by atoms with Crippen LogP contribution in [0.4, 0.5) is 10.1 Å². The average molecular weight is 254 g/mol. The van der Waals surface area contributed by atoms with Gasteiger partial charge >= 0.3 is 0 Å². The third-order valence-corrected chi connectivity index (χ3v) is 2.73. The van der Waals surface area contributed by atoms with E-state index in [9.17, 15) is 4.39 Å². The molecular formula is C14H23FN2O. The summed E-state index contributed by atoms with van der Waals surface area (Å²) in [6.07, 6.45) is 1.01. The molecule has 18 heavy (non-hydrogen) atoms. The maximum Gasteiger partial charge on any atom is 0.146 e. The van der Waals surface area contributed by atoms with E-state index in [1.54, 1.807) is 12.1 Å². The van der Waals surface area contributed by atoms with Crippen LogP contribution in [0.2, 0.25) is 0 Å². The maximum atomic E-state index is 13.5. The first-order valence-electron chi connectivity index (χ1n) is 6.49. The number of para-hydroxylation sites is 1. The summed E-state index contributed by atoms with van der Waals surface area (Å²) in [4.78, 5) is 1.92. The molecule has 0 fully saturated rings. The zero-order valence-electron chi connectivity index (χ0n) is 11.3. The van der Waals surface area contributed by atoms with E-state index in [1.165, 1.54) is 6.07 Å². The summed E-state index contributed by atoms with van der Waals surface area (Å²) in [5.41, 5.74) is 0.647. The molecule has 0 aliphatic carbocycles. The summed E-state index contributed by atoms with van der Waals surface area (Å²) < 4.78 is 18.7. The van der Waals surface area contributed by atoms with Gasteiger partial charge in [-0.1, -0.05) is 12.1 Å². The molecule has 3 nitrogen and oxygen atoms in total. The molecule has 0 saturated carbocycles. The van der Waals surface area contributed by atoms with Crippen molar-refractivity contribution in [3.8, 4) is 0 Å². The van der Waals surface area contributed by atoms with Crippen LogP contribution < -0.4 is 10.2 Å². The second-order valence-electron chi connectivity index (χ2n) is 4.17. The van der Waals surface area contributed by atoms with Crippen molar-refractivity contribution < 1.29 is 9.13 Å². The predicted octanol–water partition coefficient (Wildman–Crippen LogP) is 2.28. The second-order valence-corrected chi connectivity index (χ2v) is 4.17. The molecule has 0 unspecified atom stereocenters. The molecule has 0 atom stereocenters. The third-order valence-electron chi connectivity index (χ3n) is 2.73. The lowest BCUT2D eigenvalue weighted by Gasteiger charge is -2.20. The van der Waals surface area contributed by atoms with Gasteiger partial charge in [0.05, 0.1) is 5.69 Å². The number of halogens is 1. The quantitative estimate of drug-likeness (QED) is 0.684. The number of nitrogens with zero attached hydrogens (tertiary/aromatic N) is 1. The Morgan fingerprint density at radius 1 is 1.28 bits per heavy atom. The van der Waals surface area contributed by atoms with E-state index in [1.807, 2.05) is 24.9 Å². The van der Waals surface area contributed by atoms with Crippen LogP contribution in [0.15, 0.2) is 24.3 Å². The largest absolute Gasteiger partial charge is 0.382 e. The van der Waals surface area contributed by atoms with Gasteiger partial charge in [0, 0.05) is 33.4 Å². The van der Waals surface area contributed by atoms with Gasteiger partial charge in [-0.3, -0.25) is 0 Å².